The summed E-state index contributed by atoms with van der Waals surface area (Å²) in [4.78, 5) is 20.8. The van der Waals surface area contributed by atoms with Gasteiger partial charge in [0.2, 0.25) is 0 Å². The zero-order chi connectivity index (χ0) is 12.9. The third-order valence-corrected chi connectivity index (χ3v) is 1.94. The van der Waals surface area contributed by atoms with Crippen LogP contribution in [0, 0.1) is 0 Å². The van der Waals surface area contributed by atoms with E-state index in [1.54, 1.807) is 0 Å². The van der Waals surface area contributed by atoms with Crippen molar-refractivity contribution in [3.63, 3.8) is 0 Å². The van der Waals surface area contributed by atoms with Crippen molar-refractivity contribution in [2.24, 2.45) is 11.5 Å². The van der Waals surface area contributed by atoms with Crippen molar-refractivity contribution >= 4 is 11.9 Å². The summed E-state index contributed by atoms with van der Waals surface area (Å²) in [7, 11) is 0. The number of hydrogen-bond donors (Lipinski definition) is 5. The largest absolute Gasteiger partial charge is 0.480 e. The standard InChI is InChI=1S/C8H16N2O6/c1-3(6(10)8(14)15)16-5(11)2-4(9)7(12)13/h3-6,11H,2,9-10H2,1H3,(H,12,13)(H,14,15)/t3-,4+,5-,6+/m1/s1. The van der Waals surface area contributed by atoms with Crippen LogP contribution in [0.3, 0.4) is 0 Å². The van der Waals surface area contributed by atoms with E-state index in [1.165, 1.54) is 6.92 Å². The molecule has 0 spiro atoms. The predicted octanol–water partition coefficient (Wildman–Crippen LogP) is -2.08. The van der Waals surface area contributed by atoms with Crippen LogP contribution in [-0.2, 0) is 14.3 Å². The number of nitrogens with two attached hydrogens (primary N) is 2. The Hall–Kier alpha value is -1.22. The molecule has 0 radical (unpaired) electrons. The van der Waals surface area contributed by atoms with E-state index in [9.17, 15) is 14.7 Å². The Morgan fingerprint density at radius 3 is 2.12 bits per heavy atom. The highest BCUT2D eigenvalue weighted by atomic mass is 16.6. The topological polar surface area (TPSA) is 156 Å². The zero-order valence-electron chi connectivity index (χ0n) is 8.74. The lowest BCUT2D eigenvalue weighted by atomic mass is 10.2. The molecule has 0 aliphatic carbocycles. The summed E-state index contributed by atoms with van der Waals surface area (Å²) >= 11 is 0. The normalized spacial score (nSPS) is 18.5. The summed E-state index contributed by atoms with van der Waals surface area (Å²) in [5.41, 5.74) is 10.4. The van der Waals surface area contributed by atoms with Gasteiger partial charge >= 0.3 is 11.9 Å². The quantitative estimate of drug-likeness (QED) is 0.315. The fraction of sp³-hybridized carbons (Fsp3) is 0.750. The van der Waals surface area contributed by atoms with Gasteiger partial charge in [0.15, 0.2) is 6.29 Å². The van der Waals surface area contributed by atoms with Crippen LogP contribution >= 0.6 is 0 Å². The Balaban J connectivity index is 4.09. The van der Waals surface area contributed by atoms with Gasteiger partial charge in [0.05, 0.1) is 6.10 Å². The van der Waals surface area contributed by atoms with E-state index >= 15 is 0 Å². The van der Waals surface area contributed by atoms with Gasteiger partial charge in [0.25, 0.3) is 0 Å². The molecule has 0 unspecified atom stereocenters. The summed E-state index contributed by atoms with van der Waals surface area (Å²) in [5.74, 6) is -2.56. The Labute approximate surface area is 91.8 Å². The van der Waals surface area contributed by atoms with Crippen LogP contribution in [0.5, 0.6) is 0 Å². The lowest BCUT2D eigenvalue weighted by Gasteiger charge is -2.21. The Morgan fingerprint density at radius 1 is 1.25 bits per heavy atom. The number of aliphatic carboxylic acids is 2. The first-order valence-electron chi connectivity index (χ1n) is 4.56. The fourth-order valence-corrected chi connectivity index (χ4v) is 0.907. The van der Waals surface area contributed by atoms with Crippen molar-refractivity contribution in [2.45, 2.75) is 37.8 Å². The molecule has 0 amide bonds. The summed E-state index contributed by atoms with van der Waals surface area (Å²) in [6.07, 6.45) is -2.76. The third kappa shape index (κ3) is 5.03. The molecular weight excluding hydrogens is 220 g/mol. The molecule has 94 valence electrons. The van der Waals surface area contributed by atoms with E-state index in [4.69, 9.17) is 26.4 Å². The molecule has 0 aromatic carbocycles. The highest BCUT2D eigenvalue weighted by Gasteiger charge is 2.25. The van der Waals surface area contributed by atoms with Gasteiger partial charge in [0.1, 0.15) is 12.1 Å². The highest BCUT2D eigenvalue weighted by molar-refractivity contribution is 5.74. The lowest BCUT2D eigenvalue weighted by molar-refractivity contribution is -0.163. The highest BCUT2D eigenvalue weighted by Crippen LogP contribution is 2.05. The predicted molar refractivity (Wildman–Crippen MR) is 52.4 cm³/mol. The third-order valence-electron chi connectivity index (χ3n) is 1.94. The van der Waals surface area contributed by atoms with Gasteiger partial charge in [-0.05, 0) is 6.92 Å². The van der Waals surface area contributed by atoms with E-state index in [-0.39, 0.29) is 6.42 Å². The number of hydrogen-bond acceptors (Lipinski definition) is 6. The van der Waals surface area contributed by atoms with E-state index in [1.807, 2.05) is 0 Å². The molecule has 0 bridgehead atoms. The molecule has 0 saturated carbocycles. The summed E-state index contributed by atoms with van der Waals surface area (Å²) in [6.45, 7) is 1.36. The first-order chi connectivity index (χ1) is 7.25. The van der Waals surface area contributed by atoms with Crippen LogP contribution < -0.4 is 11.5 Å². The molecule has 0 rings (SSSR count). The zero-order valence-corrected chi connectivity index (χ0v) is 8.74. The fourth-order valence-electron chi connectivity index (χ4n) is 0.907. The van der Waals surface area contributed by atoms with Crippen LogP contribution in [0.1, 0.15) is 13.3 Å². The molecule has 0 saturated heterocycles. The maximum Gasteiger partial charge on any atom is 0.323 e. The second kappa shape index (κ2) is 6.38. The molecule has 8 nitrogen and oxygen atoms in total. The second-order valence-corrected chi connectivity index (χ2v) is 3.34. The summed E-state index contributed by atoms with van der Waals surface area (Å²) in [5, 5.41) is 26.2. The molecule has 0 aromatic rings. The van der Waals surface area contributed by atoms with Crippen LogP contribution in [0.25, 0.3) is 0 Å². The van der Waals surface area contributed by atoms with Crippen molar-refractivity contribution in [2.75, 3.05) is 0 Å². The number of carboxylic acid groups (broad SMARTS) is 2. The smallest absolute Gasteiger partial charge is 0.323 e. The van der Waals surface area contributed by atoms with Crippen molar-refractivity contribution < 1.29 is 29.6 Å². The average Bonchev–Trinajstić information content (AvgIpc) is 2.15. The van der Waals surface area contributed by atoms with Crippen molar-refractivity contribution in [3.05, 3.63) is 0 Å². The van der Waals surface area contributed by atoms with Crippen LogP contribution in [0.4, 0.5) is 0 Å². The van der Waals surface area contributed by atoms with E-state index < -0.39 is 36.4 Å². The molecule has 0 aliphatic heterocycles. The number of carbonyl (C=O) groups is 2. The van der Waals surface area contributed by atoms with Crippen molar-refractivity contribution in [3.8, 4) is 0 Å². The maximum atomic E-state index is 10.4. The van der Waals surface area contributed by atoms with Crippen LogP contribution in [-0.4, -0.2) is 51.7 Å². The SMILES string of the molecule is C[C@@H](O[C@@H](O)C[C@H](N)C(=O)O)[C@H](N)C(=O)O. The van der Waals surface area contributed by atoms with Crippen molar-refractivity contribution in [1.82, 2.24) is 0 Å². The van der Waals surface area contributed by atoms with Crippen LogP contribution in [0.15, 0.2) is 0 Å². The van der Waals surface area contributed by atoms with Gasteiger partial charge in [-0.15, -0.1) is 0 Å². The van der Waals surface area contributed by atoms with Gasteiger partial charge in [-0.25, -0.2) is 0 Å². The van der Waals surface area contributed by atoms with Gasteiger partial charge in [-0.2, -0.15) is 0 Å². The van der Waals surface area contributed by atoms with E-state index in [0.29, 0.717) is 0 Å². The molecule has 16 heavy (non-hydrogen) atoms. The molecule has 0 aliphatic rings. The van der Waals surface area contributed by atoms with E-state index in [0.717, 1.165) is 0 Å². The minimum absolute atomic E-state index is 0.341. The lowest BCUT2D eigenvalue weighted by Crippen LogP contribution is -2.44. The van der Waals surface area contributed by atoms with Gasteiger partial charge in [0, 0.05) is 6.42 Å². The van der Waals surface area contributed by atoms with E-state index in [2.05, 4.69) is 0 Å². The molecule has 0 heterocycles. The maximum absolute atomic E-state index is 10.4. The Morgan fingerprint density at radius 2 is 1.75 bits per heavy atom. The number of ether oxygens (including phenoxy) is 1. The molecule has 0 fully saturated rings. The monoisotopic (exact) mass is 236 g/mol. The first kappa shape index (κ1) is 14.8. The van der Waals surface area contributed by atoms with Crippen molar-refractivity contribution in [1.29, 1.82) is 0 Å². The number of aliphatic hydroxyl groups is 1. The number of aliphatic hydroxyl groups excluding tert-OH is 1. The van der Waals surface area contributed by atoms with Crippen LogP contribution in [0.2, 0.25) is 0 Å². The second-order valence-electron chi connectivity index (χ2n) is 3.34. The first-order valence-corrected chi connectivity index (χ1v) is 4.56. The van der Waals surface area contributed by atoms with Gasteiger partial charge in [-0.3, -0.25) is 9.59 Å². The molecular formula is C8H16N2O6. The number of carboxylic acids is 2. The molecule has 0 aromatic heterocycles. The Kier molecular flexibility index (Phi) is 5.89. The van der Waals surface area contributed by atoms with Gasteiger partial charge < -0.3 is 31.5 Å². The summed E-state index contributed by atoms with van der Waals surface area (Å²) in [6, 6.07) is -2.57. The molecule has 4 atom stereocenters. The Bertz CT molecular complexity index is 259. The molecule has 8 heteroatoms. The minimum atomic E-state index is -1.47. The summed E-state index contributed by atoms with van der Waals surface area (Å²) < 4.78 is 4.80. The molecule has 7 N–H and O–H groups in total. The number of rotatable bonds is 7. The average molecular weight is 236 g/mol. The minimum Gasteiger partial charge on any atom is -0.480 e. The van der Waals surface area contributed by atoms with Gasteiger partial charge in [-0.1, -0.05) is 0 Å².